The SMILES string of the molecule is CCN1CCN(S(=O)(=O)c2scc(N=C(N)C(N)=N[C@@H](c3ccco3)C(C)(C)C)c2O)CC1. The molecule has 0 amide bonds. The van der Waals surface area contributed by atoms with Gasteiger partial charge in [-0.05, 0) is 24.1 Å². The molecule has 0 spiro atoms. The van der Waals surface area contributed by atoms with Crippen molar-refractivity contribution in [3.05, 3.63) is 29.5 Å². The maximum Gasteiger partial charge on any atom is 0.256 e. The molecule has 0 unspecified atom stereocenters. The molecule has 3 heterocycles. The van der Waals surface area contributed by atoms with Gasteiger partial charge < -0.3 is 25.9 Å². The first-order valence-electron chi connectivity index (χ1n) is 10.7. The number of piperazine rings is 1. The summed E-state index contributed by atoms with van der Waals surface area (Å²) in [6.45, 7) is 10.9. The molecule has 1 aliphatic heterocycles. The molecule has 0 aliphatic carbocycles. The molecule has 10 nitrogen and oxygen atoms in total. The van der Waals surface area contributed by atoms with Crippen LogP contribution in [-0.2, 0) is 10.0 Å². The second-order valence-electron chi connectivity index (χ2n) is 8.89. The monoisotopic (exact) mass is 496 g/mol. The van der Waals surface area contributed by atoms with Gasteiger partial charge in [0.2, 0.25) is 0 Å². The Bertz CT molecular complexity index is 1110. The first-order valence-corrected chi connectivity index (χ1v) is 13.0. The molecule has 1 atom stereocenters. The third-order valence-corrected chi connectivity index (χ3v) is 8.85. The van der Waals surface area contributed by atoms with Gasteiger partial charge in [0.05, 0.1) is 6.26 Å². The smallest absolute Gasteiger partial charge is 0.256 e. The van der Waals surface area contributed by atoms with Gasteiger partial charge in [0.15, 0.2) is 21.6 Å². The maximum atomic E-state index is 13.0. The Morgan fingerprint density at radius 3 is 2.45 bits per heavy atom. The number of aliphatic imine (C=N–C) groups is 2. The van der Waals surface area contributed by atoms with E-state index in [4.69, 9.17) is 15.9 Å². The van der Waals surface area contributed by atoms with Crippen LogP contribution in [0, 0.1) is 5.41 Å². The van der Waals surface area contributed by atoms with Crippen molar-refractivity contribution in [3.63, 3.8) is 0 Å². The lowest BCUT2D eigenvalue weighted by atomic mass is 9.85. The molecule has 3 rings (SSSR count). The van der Waals surface area contributed by atoms with Gasteiger partial charge in [-0.3, -0.25) is 4.99 Å². The van der Waals surface area contributed by atoms with Crippen molar-refractivity contribution < 1.29 is 17.9 Å². The number of hydrogen-bond donors (Lipinski definition) is 3. The molecule has 0 aromatic carbocycles. The van der Waals surface area contributed by atoms with Crippen molar-refractivity contribution in [2.24, 2.45) is 26.9 Å². The minimum Gasteiger partial charge on any atom is -0.504 e. The fraction of sp³-hybridized carbons (Fsp3) is 0.524. The molecule has 2 aromatic rings. The summed E-state index contributed by atoms with van der Waals surface area (Å²) in [7, 11) is -3.84. The Hall–Kier alpha value is -2.41. The van der Waals surface area contributed by atoms with Gasteiger partial charge in [-0.1, -0.05) is 27.7 Å². The van der Waals surface area contributed by atoms with Gasteiger partial charge in [-0.15, -0.1) is 11.3 Å². The zero-order chi connectivity index (χ0) is 24.4. The average Bonchev–Trinajstić information content (AvgIpc) is 3.41. The topological polar surface area (TPSA) is 151 Å². The summed E-state index contributed by atoms with van der Waals surface area (Å²) in [5.41, 5.74) is 11.9. The second kappa shape index (κ2) is 9.84. The summed E-state index contributed by atoms with van der Waals surface area (Å²) in [6, 6.07) is 3.17. The van der Waals surface area contributed by atoms with E-state index in [9.17, 15) is 13.5 Å². The van der Waals surface area contributed by atoms with E-state index in [1.54, 1.807) is 12.3 Å². The Morgan fingerprint density at radius 1 is 1.24 bits per heavy atom. The summed E-state index contributed by atoms with van der Waals surface area (Å²) in [5, 5.41) is 12.1. The molecule has 12 heteroatoms. The number of nitrogens with two attached hydrogens (primary N) is 2. The Morgan fingerprint density at radius 2 is 1.91 bits per heavy atom. The molecule has 1 fully saturated rings. The van der Waals surface area contributed by atoms with Crippen molar-refractivity contribution in [2.75, 3.05) is 32.7 Å². The van der Waals surface area contributed by atoms with Crippen molar-refractivity contribution in [3.8, 4) is 5.75 Å². The molecule has 2 aromatic heterocycles. The Labute approximate surface area is 198 Å². The maximum absolute atomic E-state index is 13.0. The quantitative estimate of drug-likeness (QED) is 0.410. The predicted octanol–water partition coefficient (Wildman–Crippen LogP) is 2.51. The van der Waals surface area contributed by atoms with Crippen LogP contribution in [0.5, 0.6) is 5.75 Å². The lowest BCUT2D eigenvalue weighted by Gasteiger charge is -2.32. The minimum atomic E-state index is -3.84. The molecule has 1 saturated heterocycles. The van der Waals surface area contributed by atoms with Crippen LogP contribution in [0.3, 0.4) is 0 Å². The van der Waals surface area contributed by atoms with Gasteiger partial charge in [0.1, 0.15) is 17.5 Å². The minimum absolute atomic E-state index is 0.0305. The molecule has 0 radical (unpaired) electrons. The fourth-order valence-electron chi connectivity index (χ4n) is 3.51. The first-order chi connectivity index (χ1) is 15.4. The molecule has 0 bridgehead atoms. The van der Waals surface area contributed by atoms with Gasteiger partial charge in [-0.25, -0.2) is 13.4 Å². The number of amidine groups is 2. The number of rotatable bonds is 6. The van der Waals surface area contributed by atoms with Crippen LogP contribution in [0.2, 0.25) is 0 Å². The average molecular weight is 497 g/mol. The number of hydrogen-bond acceptors (Lipinski definition) is 8. The fourth-order valence-corrected chi connectivity index (χ4v) is 6.29. The number of nitrogens with zero attached hydrogens (tertiary/aromatic N) is 4. The van der Waals surface area contributed by atoms with Crippen molar-refractivity contribution >= 4 is 38.7 Å². The van der Waals surface area contributed by atoms with Gasteiger partial charge >= 0.3 is 0 Å². The number of aromatic hydroxyl groups is 1. The highest BCUT2D eigenvalue weighted by atomic mass is 32.2. The number of sulfonamides is 1. The van der Waals surface area contributed by atoms with E-state index in [-0.39, 0.29) is 27.0 Å². The largest absolute Gasteiger partial charge is 0.504 e. The van der Waals surface area contributed by atoms with Crippen LogP contribution in [-0.4, -0.2) is 67.1 Å². The van der Waals surface area contributed by atoms with Crippen LogP contribution in [0.4, 0.5) is 5.69 Å². The third kappa shape index (κ3) is 5.57. The van der Waals surface area contributed by atoms with Gasteiger partial charge in [0, 0.05) is 31.6 Å². The Balaban J connectivity index is 1.85. The van der Waals surface area contributed by atoms with Crippen LogP contribution < -0.4 is 11.5 Å². The molecule has 5 N–H and O–H groups in total. The van der Waals surface area contributed by atoms with E-state index in [2.05, 4.69) is 14.9 Å². The molecule has 182 valence electrons. The normalized spacial score (nSPS) is 18.5. The van der Waals surface area contributed by atoms with Crippen molar-refractivity contribution in [1.29, 1.82) is 0 Å². The standard InChI is InChI=1S/C21H32N6O4S2/c1-5-26-8-10-27(11-9-26)33(29,30)20-16(28)14(13-32-20)24-18(22)19(23)25-17(21(2,3)4)15-7-6-12-31-15/h6-7,12-13,17,28H,5,8-11H2,1-4H3,(H2,22,24)(H2,23,25)/t17-/m0/s1. The highest BCUT2D eigenvalue weighted by molar-refractivity contribution is 7.91. The van der Waals surface area contributed by atoms with Crippen molar-refractivity contribution in [2.45, 2.75) is 37.9 Å². The lowest BCUT2D eigenvalue weighted by Crippen LogP contribution is -2.48. The van der Waals surface area contributed by atoms with Crippen LogP contribution in [0.25, 0.3) is 0 Å². The number of furan rings is 1. The van der Waals surface area contributed by atoms with E-state index in [0.29, 0.717) is 31.9 Å². The van der Waals surface area contributed by atoms with E-state index in [1.807, 2.05) is 33.8 Å². The molecule has 0 saturated carbocycles. The van der Waals surface area contributed by atoms with Gasteiger partial charge in [-0.2, -0.15) is 4.31 Å². The lowest BCUT2D eigenvalue weighted by molar-refractivity contribution is 0.196. The molecule has 1 aliphatic rings. The first kappa shape index (κ1) is 25.2. The predicted molar refractivity (Wildman–Crippen MR) is 131 cm³/mol. The number of likely N-dealkylation sites (N-methyl/N-ethyl adjacent to an activating group) is 1. The molecular weight excluding hydrogens is 464 g/mol. The van der Waals surface area contributed by atoms with E-state index in [1.165, 1.54) is 9.69 Å². The van der Waals surface area contributed by atoms with Crippen molar-refractivity contribution in [1.82, 2.24) is 9.21 Å². The van der Waals surface area contributed by atoms with Crippen LogP contribution in [0.15, 0.2) is 42.4 Å². The van der Waals surface area contributed by atoms with Crippen LogP contribution in [0.1, 0.15) is 39.5 Å². The number of thiophene rings is 1. The van der Waals surface area contributed by atoms with Crippen LogP contribution >= 0.6 is 11.3 Å². The summed E-state index contributed by atoms with van der Waals surface area (Å²) in [5.74, 6) is 0.0432. The zero-order valence-electron chi connectivity index (χ0n) is 19.4. The zero-order valence-corrected chi connectivity index (χ0v) is 21.0. The van der Waals surface area contributed by atoms with E-state index < -0.39 is 21.8 Å². The van der Waals surface area contributed by atoms with E-state index >= 15 is 0 Å². The van der Waals surface area contributed by atoms with E-state index in [0.717, 1.165) is 17.9 Å². The third-order valence-electron chi connectivity index (χ3n) is 5.47. The summed E-state index contributed by atoms with van der Waals surface area (Å²) >= 11 is 0.902. The highest BCUT2D eigenvalue weighted by Crippen LogP contribution is 2.41. The second-order valence-corrected chi connectivity index (χ2v) is 11.9. The highest BCUT2D eigenvalue weighted by Gasteiger charge is 2.33. The molecular formula is C21H32N6O4S2. The molecule has 33 heavy (non-hydrogen) atoms. The summed E-state index contributed by atoms with van der Waals surface area (Å²) in [6.07, 6.45) is 1.56. The Kier molecular flexibility index (Phi) is 7.52. The van der Waals surface area contributed by atoms with Gasteiger partial charge in [0.25, 0.3) is 10.0 Å². The summed E-state index contributed by atoms with van der Waals surface area (Å²) < 4.78 is 32.8. The summed E-state index contributed by atoms with van der Waals surface area (Å²) in [4.78, 5) is 10.8.